The highest BCUT2D eigenvalue weighted by Gasteiger charge is 2.31. The number of halogens is 1. The van der Waals surface area contributed by atoms with Crippen LogP contribution in [0.4, 0.5) is 0 Å². The molecule has 0 unspecified atom stereocenters. The van der Waals surface area contributed by atoms with Gasteiger partial charge in [0, 0.05) is 4.47 Å². The second-order valence-electron chi connectivity index (χ2n) is 13.5. The topological polar surface area (TPSA) is 0 Å². The fourth-order valence-electron chi connectivity index (χ4n) is 6.64. The molecule has 1 aliphatic carbocycles. The average Bonchev–Trinajstić information content (AvgIpc) is 3.28. The lowest BCUT2D eigenvalue weighted by Gasteiger charge is -2.23. The summed E-state index contributed by atoms with van der Waals surface area (Å²) in [5.41, 5.74) is 13.5. The SMILES string of the molecule is CC(C)(C)c1ccc(-c2c3c(c(-c4ccc(C(C)(C)C)cc4)c4ccccc24)-c2ccc(Br)c4cccc-3c24)cc1. The van der Waals surface area contributed by atoms with E-state index in [4.69, 9.17) is 0 Å². The van der Waals surface area contributed by atoms with E-state index >= 15 is 0 Å². The zero-order chi connectivity index (χ0) is 28.7. The maximum atomic E-state index is 3.86. The summed E-state index contributed by atoms with van der Waals surface area (Å²) in [6.45, 7) is 13.7. The van der Waals surface area contributed by atoms with Crippen molar-refractivity contribution >= 4 is 37.5 Å². The van der Waals surface area contributed by atoms with Crippen molar-refractivity contribution < 1.29 is 0 Å². The lowest BCUT2D eigenvalue weighted by Crippen LogP contribution is -2.10. The van der Waals surface area contributed by atoms with Crippen LogP contribution in [0.1, 0.15) is 52.7 Å². The molecule has 0 aliphatic heterocycles. The monoisotopic (exact) mass is 594 g/mol. The summed E-state index contributed by atoms with van der Waals surface area (Å²) >= 11 is 3.86. The molecule has 202 valence electrons. The molecule has 0 aromatic heterocycles. The molecule has 0 saturated heterocycles. The molecule has 0 spiro atoms. The van der Waals surface area contributed by atoms with Gasteiger partial charge in [0.25, 0.3) is 0 Å². The zero-order valence-corrected chi connectivity index (χ0v) is 26.3. The average molecular weight is 596 g/mol. The van der Waals surface area contributed by atoms with Crippen LogP contribution in [0.2, 0.25) is 0 Å². The predicted octanol–water partition coefficient (Wildman–Crippen LogP) is 12.3. The van der Waals surface area contributed by atoms with E-state index in [2.05, 4.69) is 161 Å². The third-order valence-corrected chi connectivity index (χ3v) is 9.51. The Kier molecular flexibility index (Phi) is 5.86. The Labute approximate surface area is 252 Å². The number of hydrogen-bond acceptors (Lipinski definition) is 0. The standard InChI is InChI=1S/C40H35Br/c1-39(2,3)26-18-14-24(15-19-26)34-28-10-7-8-11-29(28)35(25-16-20-27(21-17-25)40(4,5)6)38-32-22-23-33(41)30-12-9-13-31(36(30)32)37(34)38/h7-23H,1-6H3. The molecule has 7 rings (SSSR count). The molecule has 0 saturated carbocycles. The first-order valence-corrected chi connectivity index (χ1v) is 15.4. The molecule has 0 heterocycles. The molecule has 0 fully saturated rings. The summed E-state index contributed by atoms with van der Waals surface area (Å²) in [6, 6.07) is 38.9. The number of fused-ring (bicyclic) bond motifs is 4. The Hall–Kier alpha value is -3.68. The molecule has 0 bridgehead atoms. The molecule has 6 aromatic carbocycles. The molecule has 6 aromatic rings. The van der Waals surface area contributed by atoms with Crippen LogP contribution in [0.15, 0.2) is 108 Å². The number of rotatable bonds is 2. The van der Waals surface area contributed by atoms with Crippen LogP contribution in [0.25, 0.3) is 66.1 Å². The van der Waals surface area contributed by atoms with E-state index in [1.807, 2.05) is 0 Å². The Balaban J connectivity index is 1.63. The van der Waals surface area contributed by atoms with Crippen LogP contribution in [0.5, 0.6) is 0 Å². The lowest BCUT2D eigenvalue weighted by atomic mass is 9.80. The summed E-state index contributed by atoms with van der Waals surface area (Å²) in [4.78, 5) is 0. The van der Waals surface area contributed by atoms with Crippen molar-refractivity contribution in [3.05, 3.63) is 119 Å². The fraction of sp³-hybridized carbons (Fsp3) is 0.200. The van der Waals surface area contributed by atoms with Gasteiger partial charge in [-0.3, -0.25) is 0 Å². The Morgan fingerprint density at radius 3 is 1.32 bits per heavy atom. The minimum atomic E-state index is 0.111. The zero-order valence-electron chi connectivity index (χ0n) is 24.7. The molecule has 0 nitrogen and oxygen atoms in total. The van der Waals surface area contributed by atoms with E-state index in [0.29, 0.717) is 0 Å². The van der Waals surface area contributed by atoms with Crippen molar-refractivity contribution in [2.45, 2.75) is 52.4 Å². The first-order valence-electron chi connectivity index (χ1n) is 14.6. The summed E-state index contributed by atoms with van der Waals surface area (Å²) in [5, 5.41) is 5.21. The Morgan fingerprint density at radius 1 is 0.415 bits per heavy atom. The smallest absolute Gasteiger partial charge is 0.0254 e. The fourth-order valence-corrected chi connectivity index (χ4v) is 7.10. The van der Waals surface area contributed by atoms with Crippen LogP contribution in [0, 0.1) is 0 Å². The van der Waals surface area contributed by atoms with Gasteiger partial charge in [-0.15, -0.1) is 0 Å². The third kappa shape index (κ3) is 4.09. The Morgan fingerprint density at radius 2 is 0.854 bits per heavy atom. The third-order valence-electron chi connectivity index (χ3n) is 8.82. The lowest BCUT2D eigenvalue weighted by molar-refractivity contribution is 0.590. The van der Waals surface area contributed by atoms with Crippen molar-refractivity contribution in [1.29, 1.82) is 0 Å². The number of benzene rings is 6. The number of hydrogen-bond donors (Lipinski definition) is 0. The van der Waals surface area contributed by atoms with Crippen molar-refractivity contribution in [1.82, 2.24) is 0 Å². The van der Waals surface area contributed by atoms with Gasteiger partial charge in [-0.1, -0.05) is 155 Å². The van der Waals surface area contributed by atoms with Crippen molar-refractivity contribution in [2.24, 2.45) is 0 Å². The minimum Gasteiger partial charge on any atom is -0.0616 e. The highest BCUT2D eigenvalue weighted by Crippen LogP contribution is 2.58. The molecule has 1 heteroatoms. The summed E-state index contributed by atoms with van der Waals surface area (Å²) in [5.74, 6) is 0. The Bertz CT molecular complexity index is 1870. The molecule has 0 atom stereocenters. The molecular weight excluding hydrogens is 560 g/mol. The van der Waals surface area contributed by atoms with Gasteiger partial charge in [0.2, 0.25) is 0 Å². The van der Waals surface area contributed by atoms with E-state index in [1.165, 1.54) is 77.2 Å². The van der Waals surface area contributed by atoms with Gasteiger partial charge < -0.3 is 0 Å². The largest absolute Gasteiger partial charge is 0.0616 e. The van der Waals surface area contributed by atoms with E-state index in [-0.39, 0.29) is 10.8 Å². The normalized spacial score (nSPS) is 12.8. The maximum Gasteiger partial charge on any atom is 0.0254 e. The van der Waals surface area contributed by atoms with Gasteiger partial charge in [-0.2, -0.15) is 0 Å². The molecule has 1 aliphatic rings. The van der Waals surface area contributed by atoms with Crippen LogP contribution in [-0.2, 0) is 10.8 Å². The van der Waals surface area contributed by atoms with Gasteiger partial charge >= 0.3 is 0 Å². The molecule has 0 radical (unpaired) electrons. The van der Waals surface area contributed by atoms with Gasteiger partial charge in [-0.05, 0) is 94.1 Å². The second kappa shape index (κ2) is 9.16. The van der Waals surface area contributed by atoms with Gasteiger partial charge in [0.1, 0.15) is 0 Å². The van der Waals surface area contributed by atoms with E-state index < -0.39 is 0 Å². The highest BCUT2D eigenvalue weighted by molar-refractivity contribution is 9.10. The summed E-state index contributed by atoms with van der Waals surface area (Å²) < 4.78 is 1.14. The van der Waals surface area contributed by atoms with Gasteiger partial charge in [-0.25, -0.2) is 0 Å². The van der Waals surface area contributed by atoms with Crippen molar-refractivity contribution in [3.63, 3.8) is 0 Å². The highest BCUT2D eigenvalue weighted by atomic mass is 79.9. The predicted molar refractivity (Wildman–Crippen MR) is 182 cm³/mol. The molecule has 41 heavy (non-hydrogen) atoms. The van der Waals surface area contributed by atoms with Crippen LogP contribution in [-0.4, -0.2) is 0 Å². The molecule has 0 amide bonds. The van der Waals surface area contributed by atoms with Crippen molar-refractivity contribution in [3.8, 4) is 44.5 Å². The van der Waals surface area contributed by atoms with E-state index in [9.17, 15) is 0 Å². The summed E-state index contributed by atoms with van der Waals surface area (Å²) in [6.07, 6.45) is 0. The quantitative estimate of drug-likeness (QED) is 0.187. The van der Waals surface area contributed by atoms with Gasteiger partial charge in [0.15, 0.2) is 0 Å². The summed E-state index contributed by atoms with van der Waals surface area (Å²) in [7, 11) is 0. The molecular formula is C40H35Br. The van der Waals surface area contributed by atoms with Crippen LogP contribution >= 0.6 is 15.9 Å². The molecule has 0 N–H and O–H groups in total. The van der Waals surface area contributed by atoms with E-state index in [1.54, 1.807) is 0 Å². The first-order chi connectivity index (χ1) is 19.5. The van der Waals surface area contributed by atoms with Crippen LogP contribution in [0.3, 0.4) is 0 Å². The second-order valence-corrected chi connectivity index (χ2v) is 14.4. The first kappa shape index (κ1) is 26.2. The minimum absolute atomic E-state index is 0.111. The maximum absolute atomic E-state index is 3.86. The van der Waals surface area contributed by atoms with Gasteiger partial charge in [0.05, 0.1) is 0 Å². The van der Waals surface area contributed by atoms with E-state index in [0.717, 1.165) is 4.47 Å². The van der Waals surface area contributed by atoms with Crippen molar-refractivity contribution in [2.75, 3.05) is 0 Å². The van der Waals surface area contributed by atoms with Crippen LogP contribution < -0.4 is 0 Å².